The number of rotatable bonds is 3. The fraction of sp³-hybridized carbons (Fsp3) is 0.625. The van der Waals surface area contributed by atoms with E-state index in [1.165, 1.54) is 12.8 Å². The molecule has 0 aliphatic rings. The first-order chi connectivity index (χ1) is 6.83. The summed E-state index contributed by atoms with van der Waals surface area (Å²) in [5.74, 6) is 1.12. The Morgan fingerprint density at radius 1 is 1.40 bits per heavy atom. The molecule has 0 aliphatic carbocycles. The number of nitrogens with zero attached hydrogens (tertiary/aromatic N) is 1. The number of aromatic nitrogens is 2. The number of H-pyrrole nitrogens is 1. The molecule has 1 heterocycles. The van der Waals surface area contributed by atoms with E-state index in [9.17, 15) is 17.3 Å². The van der Waals surface area contributed by atoms with Gasteiger partial charge in [0.15, 0.2) is 0 Å². The van der Waals surface area contributed by atoms with E-state index in [1.807, 2.05) is 13.1 Å². The van der Waals surface area contributed by atoms with Gasteiger partial charge in [-0.25, -0.2) is 4.98 Å². The molecular formula is C8H15BF4N2. The zero-order valence-corrected chi connectivity index (χ0v) is 8.74. The van der Waals surface area contributed by atoms with Crippen LogP contribution >= 0.6 is 0 Å². The third-order valence-corrected chi connectivity index (χ3v) is 1.53. The largest absolute Gasteiger partial charge is 1.00 e. The molecule has 7 heteroatoms. The molecule has 0 saturated heterocycles. The lowest BCUT2D eigenvalue weighted by Gasteiger charge is -1.94. The van der Waals surface area contributed by atoms with Crippen LogP contribution in [-0.2, 0) is 6.42 Å². The van der Waals surface area contributed by atoms with Gasteiger partial charge in [0.2, 0.25) is 0 Å². The van der Waals surface area contributed by atoms with E-state index >= 15 is 0 Å². The van der Waals surface area contributed by atoms with Gasteiger partial charge in [-0.15, -0.1) is 0 Å². The van der Waals surface area contributed by atoms with E-state index in [2.05, 4.69) is 16.9 Å². The van der Waals surface area contributed by atoms with Gasteiger partial charge in [0.25, 0.3) is 0 Å². The monoisotopic (exact) mass is 226 g/mol. The van der Waals surface area contributed by atoms with Crippen molar-refractivity contribution in [1.82, 2.24) is 9.97 Å². The van der Waals surface area contributed by atoms with E-state index in [4.69, 9.17) is 0 Å². The maximum atomic E-state index is 9.75. The molecule has 15 heavy (non-hydrogen) atoms. The van der Waals surface area contributed by atoms with Gasteiger partial charge in [-0.1, -0.05) is 13.3 Å². The van der Waals surface area contributed by atoms with Gasteiger partial charge in [-0.05, 0) is 13.3 Å². The van der Waals surface area contributed by atoms with Gasteiger partial charge in [-0.3, -0.25) is 0 Å². The van der Waals surface area contributed by atoms with Crippen LogP contribution in [0.25, 0.3) is 0 Å². The molecule has 1 aromatic heterocycles. The summed E-state index contributed by atoms with van der Waals surface area (Å²) in [6.45, 7) is 4.20. The second-order valence-corrected chi connectivity index (χ2v) is 3.09. The number of aromatic amines is 1. The molecule has 0 radical (unpaired) electrons. The van der Waals surface area contributed by atoms with E-state index in [0.29, 0.717) is 0 Å². The third-order valence-electron chi connectivity index (χ3n) is 1.53. The van der Waals surface area contributed by atoms with Crippen molar-refractivity contribution >= 4 is 7.25 Å². The highest BCUT2D eigenvalue weighted by Crippen LogP contribution is 2.06. The summed E-state index contributed by atoms with van der Waals surface area (Å²) in [5.41, 5.74) is 1.09. The standard InChI is InChI=1S/C8H14N2.BF4/c1-3-4-5-8-9-6-7(2)10-8;2-1(3,4)5/h6H,3-5H2,1-2H3,(H,9,10);/q;-1/p+1. The highest BCUT2D eigenvalue weighted by molar-refractivity contribution is 6.50. The van der Waals surface area contributed by atoms with Gasteiger partial charge in [0, 0.05) is 12.6 Å². The fourth-order valence-corrected chi connectivity index (χ4v) is 0.937. The number of halogens is 4. The smallest absolute Gasteiger partial charge is 0.418 e. The lowest BCUT2D eigenvalue weighted by atomic mass is 10.2. The number of imidazole rings is 1. The molecule has 0 bridgehead atoms. The van der Waals surface area contributed by atoms with Gasteiger partial charge in [0.05, 0.1) is 5.69 Å². The molecule has 0 aromatic carbocycles. The molecule has 0 amide bonds. The van der Waals surface area contributed by atoms with E-state index < -0.39 is 7.25 Å². The highest BCUT2D eigenvalue weighted by Gasteiger charge is 2.20. The van der Waals surface area contributed by atoms with Gasteiger partial charge < -0.3 is 22.2 Å². The summed E-state index contributed by atoms with van der Waals surface area (Å²) in [6, 6.07) is 0. The first-order valence-electron chi connectivity index (χ1n) is 4.71. The Kier molecular flexibility index (Phi) is 6.04. The Morgan fingerprint density at radius 3 is 2.27 bits per heavy atom. The molecule has 2 nitrogen and oxygen atoms in total. The van der Waals surface area contributed by atoms with Crippen LogP contribution in [0.2, 0.25) is 0 Å². The minimum absolute atomic E-state index is 0. The molecule has 0 spiro atoms. The van der Waals surface area contributed by atoms with Crippen molar-refractivity contribution < 1.29 is 18.7 Å². The maximum absolute atomic E-state index is 9.75. The number of unbranched alkanes of at least 4 members (excludes halogenated alkanes) is 1. The van der Waals surface area contributed by atoms with Crippen LogP contribution in [0.1, 0.15) is 32.7 Å². The van der Waals surface area contributed by atoms with Crippen LogP contribution in [0.4, 0.5) is 17.3 Å². The van der Waals surface area contributed by atoms with Crippen molar-refractivity contribution in [3.63, 3.8) is 0 Å². The van der Waals surface area contributed by atoms with Gasteiger partial charge in [0.1, 0.15) is 5.82 Å². The average molecular weight is 226 g/mol. The molecule has 0 atom stereocenters. The molecule has 1 N–H and O–H groups in total. The van der Waals surface area contributed by atoms with Crippen LogP contribution in [-0.4, -0.2) is 17.2 Å². The second-order valence-electron chi connectivity index (χ2n) is 3.09. The topological polar surface area (TPSA) is 28.7 Å². The highest BCUT2D eigenvalue weighted by atomic mass is 19.5. The van der Waals surface area contributed by atoms with Gasteiger partial charge in [-0.2, -0.15) is 0 Å². The second kappa shape index (κ2) is 6.47. The number of hydrogen-bond acceptors (Lipinski definition) is 1. The van der Waals surface area contributed by atoms with E-state index in [1.54, 1.807) is 0 Å². The fourth-order valence-electron chi connectivity index (χ4n) is 0.937. The summed E-state index contributed by atoms with van der Waals surface area (Å²) < 4.78 is 39.0. The maximum Gasteiger partial charge on any atom is 1.00 e. The first-order valence-corrected chi connectivity index (χ1v) is 4.71. The number of aryl methyl sites for hydroxylation is 2. The normalized spacial score (nSPS) is 10.8. The lowest BCUT2D eigenvalue weighted by molar-refractivity contribution is 0.368. The Labute approximate surface area is 87.7 Å². The Balaban J connectivity index is 0. The summed E-state index contributed by atoms with van der Waals surface area (Å²) in [7, 11) is -6.00. The predicted molar refractivity (Wildman–Crippen MR) is 53.2 cm³/mol. The Hall–Kier alpha value is -1.01. The number of hydrogen-bond donors (Lipinski definition) is 1. The zero-order valence-electron chi connectivity index (χ0n) is 9.74. The molecule has 0 aliphatic heterocycles. The van der Waals surface area contributed by atoms with Crippen molar-refractivity contribution in [2.24, 2.45) is 0 Å². The quantitative estimate of drug-likeness (QED) is 0.620. The summed E-state index contributed by atoms with van der Waals surface area (Å²) in [6.07, 6.45) is 5.50. The molecule has 1 rings (SSSR count). The van der Waals surface area contributed by atoms with E-state index in [0.717, 1.165) is 17.9 Å². The van der Waals surface area contributed by atoms with Crippen LogP contribution in [0.5, 0.6) is 0 Å². The molecule has 0 fully saturated rings. The minimum Gasteiger partial charge on any atom is -0.418 e. The molecule has 0 saturated carbocycles. The summed E-state index contributed by atoms with van der Waals surface area (Å²) >= 11 is 0. The zero-order chi connectivity index (χ0) is 11.9. The van der Waals surface area contributed by atoms with Crippen LogP contribution in [0.3, 0.4) is 0 Å². The summed E-state index contributed by atoms with van der Waals surface area (Å²) in [5, 5.41) is 0. The molecule has 1 aromatic rings. The number of nitrogens with one attached hydrogen (secondary N) is 1. The average Bonchev–Trinajstić information content (AvgIpc) is 2.45. The molecular weight excluding hydrogens is 211 g/mol. The first kappa shape index (κ1) is 14.0. The molecule has 0 unspecified atom stereocenters. The van der Waals surface area contributed by atoms with Crippen molar-refractivity contribution in [3.05, 3.63) is 17.7 Å². The van der Waals surface area contributed by atoms with Crippen LogP contribution in [0, 0.1) is 6.92 Å². The summed E-state index contributed by atoms with van der Waals surface area (Å²) in [4.78, 5) is 7.42. The SMILES string of the molecule is CCCCc1nc(C)c[nH]1.F[B-](F)(F)F.[H+]. The van der Waals surface area contributed by atoms with Crippen molar-refractivity contribution in [1.29, 1.82) is 0 Å². The minimum atomic E-state index is -6.00. The van der Waals surface area contributed by atoms with Crippen molar-refractivity contribution in [2.45, 2.75) is 33.1 Å². The predicted octanol–water partition coefficient (Wildman–Crippen LogP) is 3.47. The Bertz CT molecular complexity index is 271. The molecule has 88 valence electrons. The Morgan fingerprint density at radius 2 is 1.93 bits per heavy atom. The lowest BCUT2D eigenvalue weighted by Crippen LogP contribution is -2.02. The van der Waals surface area contributed by atoms with E-state index in [-0.39, 0.29) is 1.43 Å². The van der Waals surface area contributed by atoms with Crippen molar-refractivity contribution in [2.75, 3.05) is 0 Å². The third kappa shape index (κ3) is 10.9. The van der Waals surface area contributed by atoms with Crippen LogP contribution in [0.15, 0.2) is 6.20 Å². The van der Waals surface area contributed by atoms with Gasteiger partial charge >= 0.3 is 8.68 Å². The van der Waals surface area contributed by atoms with Crippen LogP contribution < -0.4 is 0 Å². The van der Waals surface area contributed by atoms with Crippen molar-refractivity contribution in [3.8, 4) is 0 Å².